The quantitative estimate of drug-likeness (QED) is 0.728. The van der Waals surface area contributed by atoms with Crippen LogP contribution in [0.3, 0.4) is 0 Å². The van der Waals surface area contributed by atoms with E-state index in [1.165, 1.54) is 5.56 Å². The van der Waals surface area contributed by atoms with Crippen LogP contribution in [0, 0.1) is 0 Å². The molecule has 0 spiro atoms. The molecule has 0 heterocycles. The summed E-state index contributed by atoms with van der Waals surface area (Å²) >= 11 is 0. The summed E-state index contributed by atoms with van der Waals surface area (Å²) in [5, 5.41) is 9.52. The number of hydrogen-bond donors (Lipinski definition) is 1. The Morgan fingerprint density at radius 2 is 2.00 bits per heavy atom. The summed E-state index contributed by atoms with van der Waals surface area (Å²) in [5.41, 5.74) is 2.40. The summed E-state index contributed by atoms with van der Waals surface area (Å²) in [4.78, 5) is 0. The second-order valence-corrected chi connectivity index (χ2v) is 3.02. The molecule has 0 aliphatic rings. The van der Waals surface area contributed by atoms with E-state index in [0.717, 1.165) is 24.8 Å². The smallest absolute Gasteiger partial charge is 0.119 e. The maximum atomic E-state index is 9.52. The fourth-order valence-corrected chi connectivity index (χ4v) is 1.53. The van der Waals surface area contributed by atoms with Crippen molar-refractivity contribution in [3.8, 4) is 5.75 Å². The van der Waals surface area contributed by atoms with E-state index in [4.69, 9.17) is 0 Å². The minimum atomic E-state index is 0.448. The summed E-state index contributed by atoms with van der Waals surface area (Å²) in [5.74, 6) is 0.448. The maximum absolute atomic E-state index is 9.52. The van der Waals surface area contributed by atoms with Gasteiger partial charge in [0.05, 0.1) is 0 Å². The highest BCUT2D eigenvalue weighted by molar-refractivity contribution is 5.39. The van der Waals surface area contributed by atoms with Gasteiger partial charge in [-0.3, -0.25) is 0 Å². The van der Waals surface area contributed by atoms with Crippen LogP contribution in [0.25, 0.3) is 0 Å². The third kappa shape index (κ3) is 1.79. The van der Waals surface area contributed by atoms with Gasteiger partial charge in [0.2, 0.25) is 0 Å². The van der Waals surface area contributed by atoms with Crippen molar-refractivity contribution in [3.63, 3.8) is 0 Å². The summed E-state index contributed by atoms with van der Waals surface area (Å²) in [6.45, 7) is 4.23. The van der Waals surface area contributed by atoms with Crippen molar-refractivity contribution in [1.82, 2.24) is 0 Å². The normalized spacial score (nSPS) is 10.2. The van der Waals surface area contributed by atoms with Crippen molar-refractivity contribution in [2.75, 3.05) is 0 Å². The van der Waals surface area contributed by atoms with Gasteiger partial charge in [-0.05, 0) is 30.0 Å². The molecular weight excluding hydrogens is 148 g/mol. The number of aromatic hydroxyl groups is 1. The molecular formula is C11H16O. The Morgan fingerprint density at radius 3 is 2.58 bits per heavy atom. The van der Waals surface area contributed by atoms with Crippen molar-refractivity contribution in [2.45, 2.75) is 33.1 Å². The van der Waals surface area contributed by atoms with Crippen LogP contribution in [0.5, 0.6) is 5.75 Å². The molecule has 0 fully saturated rings. The van der Waals surface area contributed by atoms with E-state index in [0.29, 0.717) is 5.75 Å². The summed E-state index contributed by atoms with van der Waals surface area (Å²) in [6, 6.07) is 5.78. The van der Waals surface area contributed by atoms with Crippen LogP contribution in [0.2, 0.25) is 0 Å². The van der Waals surface area contributed by atoms with Gasteiger partial charge in [0.1, 0.15) is 5.75 Å². The molecule has 66 valence electrons. The standard InChI is InChI=1S/C11H16O/c1-3-6-9-7-5-8-11(12)10(9)4-2/h5,7-8,12H,3-4,6H2,1-2H3. The lowest BCUT2D eigenvalue weighted by atomic mass is 10.0. The number of phenolic OH excluding ortho intramolecular Hbond substituents is 1. The maximum Gasteiger partial charge on any atom is 0.119 e. The molecule has 1 heteroatoms. The topological polar surface area (TPSA) is 20.2 Å². The molecule has 12 heavy (non-hydrogen) atoms. The van der Waals surface area contributed by atoms with Crippen LogP contribution in [-0.4, -0.2) is 5.11 Å². The van der Waals surface area contributed by atoms with Gasteiger partial charge in [0, 0.05) is 0 Å². The van der Waals surface area contributed by atoms with Crippen LogP contribution in [0.4, 0.5) is 0 Å². The Bertz CT molecular complexity index is 253. The van der Waals surface area contributed by atoms with Crippen molar-refractivity contribution in [2.24, 2.45) is 0 Å². The molecule has 0 saturated heterocycles. The molecule has 1 aromatic carbocycles. The number of benzene rings is 1. The Hall–Kier alpha value is -0.980. The minimum Gasteiger partial charge on any atom is -0.508 e. The molecule has 0 amide bonds. The van der Waals surface area contributed by atoms with E-state index in [2.05, 4.69) is 19.9 Å². The highest BCUT2D eigenvalue weighted by atomic mass is 16.3. The van der Waals surface area contributed by atoms with Gasteiger partial charge in [-0.2, -0.15) is 0 Å². The number of phenols is 1. The zero-order valence-electron chi connectivity index (χ0n) is 7.80. The molecule has 1 nitrogen and oxygen atoms in total. The molecule has 1 rings (SSSR count). The Labute approximate surface area is 74.1 Å². The van der Waals surface area contributed by atoms with Gasteiger partial charge in [-0.25, -0.2) is 0 Å². The van der Waals surface area contributed by atoms with E-state index in [-0.39, 0.29) is 0 Å². The van der Waals surface area contributed by atoms with Crippen molar-refractivity contribution >= 4 is 0 Å². The molecule has 0 aliphatic heterocycles. The lowest BCUT2D eigenvalue weighted by Gasteiger charge is -2.07. The Kier molecular flexibility index (Phi) is 3.15. The molecule has 0 aliphatic carbocycles. The van der Waals surface area contributed by atoms with Gasteiger partial charge < -0.3 is 5.11 Å². The van der Waals surface area contributed by atoms with Gasteiger partial charge >= 0.3 is 0 Å². The van der Waals surface area contributed by atoms with E-state index in [9.17, 15) is 5.11 Å². The number of aryl methyl sites for hydroxylation is 1. The lowest BCUT2D eigenvalue weighted by molar-refractivity contribution is 0.467. The van der Waals surface area contributed by atoms with Crippen LogP contribution >= 0.6 is 0 Å². The van der Waals surface area contributed by atoms with Crippen LogP contribution in [0.15, 0.2) is 18.2 Å². The Morgan fingerprint density at radius 1 is 1.25 bits per heavy atom. The van der Waals surface area contributed by atoms with E-state index >= 15 is 0 Å². The van der Waals surface area contributed by atoms with Gasteiger partial charge in [-0.15, -0.1) is 0 Å². The first-order valence-electron chi connectivity index (χ1n) is 4.59. The predicted octanol–water partition coefficient (Wildman–Crippen LogP) is 2.91. The lowest BCUT2D eigenvalue weighted by Crippen LogP contribution is -1.92. The van der Waals surface area contributed by atoms with Crippen molar-refractivity contribution in [3.05, 3.63) is 29.3 Å². The molecule has 1 N–H and O–H groups in total. The average molecular weight is 164 g/mol. The minimum absolute atomic E-state index is 0.448. The third-order valence-corrected chi connectivity index (χ3v) is 2.12. The molecule has 0 unspecified atom stereocenters. The highest BCUT2D eigenvalue weighted by Crippen LogP contribution is 2.22. The van der Waals surface area contributed by atoms with Gasteiger partial charge in [0.15, 0.2) is 0 Å². The van der Waals surface area contributed by atoms with E-state index in [1.807, 2.05) is 6.07 Å². The largest absolute Gasteiger partial charge is 0.508 e. The molecule has 0 saturated carbocycles. The van der Waals surface area contributed by atoms with Gasteiger partial charge in [0.25, 0.3) is 0 Å². The monoisotopic (exact) mass is 164 g/mol. The first-order valence-corrected chi connectivity index (χ1v) is 4.59. The second-order valence-electron chi connectivity index (χ2n) is 3.02. The fraction of sp³-hybridized carbons (Fsp3) is 0.455. The van der Waals surface area contributed by atoms with Crippen LogP contribution < -0.4 is 0 Å². The summed E-state index contributed by atoms with van der Waals surface area (Å²) < 4.78 is 0. The zero-order valence-corrected chi connectivity index (χ0v) is 7.80. The van der Waals surface area contributed by atoms with Crippen molar-refractivity contribution < 1.29 is 5.11 Å². The first-order chi connectivity index (χ1) is 5.79. The second kappa shape index (κ2) is 4.15. The SMILES string of the molecule is CCCc1cccc(O)c1CC. The van der Waals surface area contributed by atoms with Crippen LogP contribution in [-0.2, 0) is 12.8 Å². The van der Waals surface area contributed by atoms with Crippen molar-refractivity contribution in [1.29, 1.82) is 0 Å². The number of hydrogen-bond acceptors (Lipinski definition) is 1. The fourth-order valence-electron chi connectivity index (χ4n) is 1.53. The predicted molar refractivity (Wildman–Crippen MR) is 51.5 cm³/mol. The average Bonchev–Trinajstić information content (AvgIpc) is 2.05. The summed E-state index contributed by atoms with van der Waals surface area (Å²) in [6.07, 6.45) is 3.12. The first kappa shape index (κ1) is 9.11. The molecule has 0 radical (unpaired) electrons. The molecule has 1 aromatic rings. The van der Waals surface area contributed by atoms with Gasteiger partial charge in [-0.1, -0.05) is 32.4 Å². The summed E-state index contributed by atoms with van der Waals surface area (Å²) in [7, 11) is 0. The molecule has 0 aromatic heterocycles. The van der Waals surface area contributed by atoms with E-state index < -0.39 is 0 Å². The zero-order chi connectivity index (χ0) is 8.97. The molecule has 0 atom stereocenters. The van der Waals surface area contributed by atoms with E-state index in [1.54, 1.807) is 6.07 Å². The Balaban J connectivity index is 3.00. The number of rotatable bonds is 3. The molecule has 0 bridgehead atoms. The van der Waals surface area contributed by atoms with Crippen LogP contribution in [0.1, 0.15) is 31.4 Å². The highest BCUT2D eigenvalue weighted by Gasteiger charge is 2.03. The third-order valence-electron chi connectivity index (χ3n) is 2.12.